The largest absolute Gasteiger partial charge is 0.392 e. The van der Waals surface area contributed by atoms with Crippen LogP contribution in [0, 0.1) is 22.7 Å². The molecule has 2 bridgehead atoms. The van der Waals surface area contributed by atoms with Crippen molar-refractivity contribution >= 4 is 5.78 Å². The molecule has 3 rings (SSSR count). The third-order valence-corrected chi connectivity index (χ3v) is 5.70. The zero-order valence-electron chi connectivity index (χ0n) is 9.62. The number of hydrogen-bond acceptors (Lipinski definition) is 2. The Bertz CT molecular complexity index is 320. The maximum Gasteiger partial charge on any atom is 0.136 e. The standard InChI is InChI=1S/C13H20O2/c1-12(2)4-3-9-6-10(14)8-5-11(15)13(9,12)7-8/h8-9,11,15H,3-7H2,1-2H3. The zero-order chi connectivity index (χ0) is 10.8. The summed E-state index contributed by atoms with van der Waals surface area (Å²) in [7, 11) is 0. The van der Waals surface area contributed by atoms with Gasteiger partial charge in [-0.1, -0.05) is 13.8 Å². The van der Waals surface area contributed by atoms with Gasteiger partial charge < -0.3 is 5.11 Å². The molecule has 84 valence electrons. The van der Waals surface area contributed by atoms with Crippen molar-refractivity contribution in [2.24, 2.45) is 22.7 Å². The fourth-order valence-electron chi connectivity index (χ4n) is 4.79. The zero-order valence-corrected chi connectivity index (χ0v) is 9.62. The van der Waals surface area contributed by atoms with Crippen LogP contribution in [0.4, 0.5) is 0 Å². The van der Waals surface area contributed by atoms with Gasteiger partial charge in [-0.05, 0) is 37.0 Å². The SMILES string of the molecule is CC1(C)CCC2CC(=O)C3CC(O)C21C3. The summed E-state index contributed by atoms with van der Waals surface area (Å²) in [5, 5.41) is 10.4. The first-order valence-corrected chi connectivity index (χ1v) is 6.18. The maximum absolute atomic E-state index is 11.8. The Morgan fingerprint density at radius 1 is 1.40 bits per heavy atom. The van der Waals surface area contributed by atoms with E-state index in [1.165, 1.54) is 6.42 Å². The molecule has 1 N–H and O–H groups in total. The maximum atomic E-state index is 11.8. The van der Waals surface area contributed by atoms with Gasteiger partial charge in [-0.25, -0.2) is 0 Å². The molecule has 4 atom stereocenters. The summed E-state index contributed by atoms with van der Waals surface area (Å²) in [6.07, 6.45) is 4.53. The second kappa shape index (κ2) is 2.65. The number of carbonyl (C=O) groups excluding carboxylic acids is 1. The van der Waals surface area contributed by atoms with E-state index in [0.717, 1.165) is 25.7 Å². The van der Waals surface area contributed by atoms with E-state index in [1.54, 1.807) is 0 Å². The number of aliphatic hydroxyl groups is 1. The van der Waals surface area contributed by atoms with Crippen LogP contribution >= 0.6 is 0 Å². The van der Waals surface area contributed by atoms with Crippen LogP contribution in [0.15, 0.2) is 0 Å². The lowest BCUT2D eigenvalue weighted by Crippen LogP contribution is -2.46. The van der Waals surface area contributed by atoms with Gasteiger partial charge >= 0.3 is 0 Å². The fourth-order valence-corrected chi connectivity index (χ4v) is 4.79. The Labute approximate surface area is 91.1 Å². The van der Waals surface area contributed by atoms with Crippen LogP contribution < -0.4 is 0 Å². The molecule has 15 heavy (non-hydrogen) atoms. The Balaban J connectivity index is 2.08. The second-order valence-electron chi connectivity index (χ2n) is 6.48. The van der Waals surface area contributed by atoms with E-state index in [1.807, 2.05) is 0 Å². The van der Waals surface area contributed by atoms with E-state index < -0.39 is 0 Å². The predicted octanol–water partition coefficient (Wildman–Crippen LogP) is 2.15. The Kier molecular flexibility index (Phi) is 1.74. The molecule has 0 saturated heterocycles. The lowest BCUT2D eigenvalue weighted by atomic mass is 9.58. The van der Waals surface area contributed by atoms with Crippen molar-refractivity contribution in [2.75, 3.05) is 0 Å². The van der Waals surface area contributed by atoms with Crippen LogP contribution in [0.25, 0.3) is 0 Å². The summed E-state index contributed by atoms with van der Waals surface area (Å²) in [4.78, 5) is 11.8. The predicted molar refractivity (Wildman–Crippen MR) is 57.3 cm³/mol. The molecule has 4 unspecified atom stereocenters. The molecule has 3 saturated carbocycles. The van der Waals surface area contributed by atoms with Crippen LogP contribution in [-0.4, -0.2) is 17.0 Å². The van der Waals surface area contributed by atoms with Crippen molar-refractivity contribution in [3.63, 3.8) is 0 Å². The van der Waals surface area contributed by atoms with E-state index in [-0.39, 0.29) is 22.9 Å². The van der Waals surface area contributed by atoms with Gasteiger partial charge in [-0.15, -0.1) is 0 Å². The van der Waals surface area contributed by atoms with E-state index in [9.17, 15) is 9.90 Å². The topological polar surface area (TPSA) is 37.3 Å². The van der Waals surface area contributed by atoms with Crippen LogP contribution in [0.1, 0.15) is 46.0 Å². The van der Waals surface area contributed by atoms with E-state index in [4.69, 9.17) is 0 Å². The van der Waals surface area contributed by atoms with Crippen molar-refractivity contribution < 1.29 is 9.90 Å². The molecule has 3 fully saturated rings. The number of ketones is 1. The molecule has 3 aliphatic carbocycles. The van der Waals surface area contributed by atoms with Gasteiger partial charge in [0.1, 0.15) is 5.78 Å². The van der Waals surface area contributed by atoms with Crippen molar-refractivity contribution in [2.45, 2.75) is 52.1 Å². The number of aliphatic hydroxyl groups excluding tert-OH is 1. The summed E-state index contributed by atoms with van der Waals surface area (Å²) in [6.45, 7) is 4.57. The van der Waals surface area contributed by atoms with Gasteiger partial charge in [-0.2, -0.15) is 0 Å². The monoisotopic (exact) mass is 208 g/mol. The Hall–Kier alpha value is -0.370. The Morgan fingerprint density at radius 3 is 2.87 bits per heavy atom. The minimum absolute atomic E-state index is 0.0750. The molecule has 3 aliphatic rings. The van der Waals surface area contributed by atoms with E-state index in [0.29, 0.717) is 11.7 Å². The van der Waals surface area contributed by atoms with E-state index >= 15 is 0 Å². The third kappa shape index (κ3) is 0.968. The highest BCUT2D eigenvalue weighted by atomic mass is 16.3. The van der Waals surface area contributed by atoms with Gasteiger partial charge in [0.25, 0.3) is 0 Å². The van der Waals surface area contributed by atoms with Gasteiger partial charge in [0, 0.05) is 17.8 Å². The number of carbonyl (C=O) groups is 1. The lowest BCUT2D eigenvalue weighted by Gasteiger charge is -2.46. The number of rotatable bonds is 0. The number of Topliss-reactive ketones (excluding diaryl/α,β-unsaturated/α-hetero) is 1. The molecule has 0 radical (unpaired) electrons. The first kappa shape index (κ1) is 9.83. The molecule has 0 aromatic rings. The number of fused-ring (bicyclic) bond motifs is 1. The first-order chi connectivity index (χ1) is 6.97. The minimum atomic E-state index is -0.226. The molecule has 1 spiro atoms. The summed E-state index contributed by atoms with van der Waals surface area (Å²) < 4.78 is 0. The van der Waals surface area contributed by atoms with Crippen molar-refractivity contribution in [1.29, 1.82) is 0 Å². The molecule has 0 aromatic carbocycles. The first-order valence-electron chi connectivity index (χ1n) is 6.18. The van der Waals surface area contributed by atoms with Crippen molar-refractivity contribution in [3.05, 3.63) is 0 Å². The van der Waals surface area contributed by atoms with Gasteiger partial charge in [0.05, 0.1) is 6.10 Å². The van der Waals surface area contributed by atoms with Crippen LogP contribution in [-0.2, 0) is 4.79 Å². The highest BCUT2D eigenvalue weighted by Crippen LogP contribution is 2.68. The fraction of sp³-hybridized carbons (Fsp3) is 0.923. The van der Waals surface area contributed by atoms with E-state index in [2.05, 4.69) is 13.8 Å². The molecular formula is C13H20O2. The van der Waals surface area contributed by atoms with Crippen molar-refractivity contribution in [3.8, 4) is 0 Å². The summed E-state index contributed by atoms with van der Waals surface area (Å²) in [5.41, 5.74) is 0.304. The molecular weight excluding hydrogens is 188 g/mol. The average Bonchev–Trinajstić information content (AvgIpc) is 2.59. The normalized spacial score (nSPS) is 51.9. The second-order valence-corrected chi connectivity index (χ2v) is 6.48. The van der Waals surface area contributed by atoms with Crippen LogP contribution in [0.5, 0.6) is 0 Å². The van der Waals surface area contributed by atoms with Gasteiger partial charge in [-0.3, -0.25) is 4.79 Å². The van der Waals surface area contributed by atoms with Gasteiger partial charge in [0.15, 0.2) is 0 Å². The molecule has 2 nitrogen and oxygen atoms in total. The quantitative estimate of drug-likeness (QED) is 0.662. The molecule has 2 heteroatoms. The third-order valence-electron chi connectivity index (χ3n) is 5.70. The van der Waals surface area contributed by atoms with Crippen LogP contribution in [0.2, 0.25) is 0 Å². The summed E-state index contributed by atoms with van der Waals surface area (Å²) in [6, 6.07) is 0. The Morgan fingerprint density at radius 2 is 2.13 bits per heavy atom. The van der Waals surface area contributed by atoms with Gasteiger partial charge in [0.2, 0.25) is 0 Å². The van der Waals surface area contributed by atoms with Crippen LogP contribution in [0.3, 0.4) is 0 Å². The van der Waals surface area contributed by atoms with Crippen molar-refractivity contribution in [1.82, 2.24) is 0 Å². The molecule has 0 heterocycles. The summed E-state index contributed by atoms with van der Waals surface area (Å²) >= 11 is 0. The molecule has 0 aromatic heterocycles. The highest BCUT2D eigenvalue weighted by molar-refractivity contribution is 5.83. The highest BCUT2D eigenvalue weighted by Gasteiger charge is 2.65. The molecule has 0 amide bonds. The summed E-state index contributed by atoms with van der Waals surface area (Å²) in [5.74, 6) is 1.06. The minimum Gasteiger partial charge on any atom is -0.392 e. The smallest absolute Gasteiger partial charge is 0.136 e. The molecule has 0 aliphatic heterocycles. The average molecular weight is 208 g/mol. The lowest BCUT2D eigenvalue weighted by molar-refractivity contribution is -0.129. The number of hydrogen-bond donors (Lipinski definition) is 1.